The van der Waals surface area contributed by atoms with Crippen molar-refractivity contribution < 1.29 is 9.90 Å². The molecule has 1 N–H and O–H groups in total. The smallest absolute Gasteiger partial charge is 0.337 e. The van der Waals surface area contributed by atoms with Crippen molar-refractivity contribution in [1.29, 1.82) is 0 Å². The van der Waals surface area contributed by atoms with E-state index in [-0.39, 0.29) is 0 Å². The van der Waals surface area contributed by atoms with Crippen LogP contribution in [0.5, 0.6) is 0 Å². The number of aromatic carboxylic acids is 1. The fourth-order valence-electron chi connectivity index (χ4n) is 3.25. The summed E-state index contributed by atoms with van der Waals surface area (Å²) in [4.78, 5) is 13.9. The van der Waals surface area contributed by atoms with Crippen molar-refractivity contribution in [2.75, 3.05) is 11.4 Å². The number of para-hydroxylation sites is 1. The summed E-state index contributed by atoms with van der Waals surface area (Å²) < 4.78 is 0. The molecule has 0 aromatic heterocycles. The minimum absolute atomic E-state index is 0.442. The zero-order valence-electron chi connectivity index (χ0n) is 12.7. The Kier molecular flexibility index (Phi) is 4.69. The Morgan fingerprint density at radius 3 is 2.55 bits per heavy atom. The Balaban J connectivity index is 2.44. The molecular formula is C17H25NO2. The molecule has 2 rings (SSSR count). The van der Waals surface area contributed by atoms with Crippen LogP contribution in [-0.2, 0) is 0 Å². The van der Waals surface area contributed by atoms with Crippen molar-refractivity contribution in [3.05, 3.63) is 29.3 Å². The molecule has 0 heterocycles. The molecule has 20 heavy (non-hydrogen) atoms. The third-order valence-electron chi connectivity index (χ3n) is 4.08. The zero-order chi connectivity index (χ0) is 14.7. The Bertz CT molecular complexity index is 476. The van der Waals surface area contributed by atoms with Gasteiger partial charge in [0.2, 0.25) is 0 Å². The van der Waals surface area contributed by atoms with Gasteiger partial charge in [-0.2, -0.15) is 0 Å². The molecule has 0 bridgehead atoms. The summed E-state index contributed by atoms with van der Waals surface area (Å²) in [6.07, 6.45) is 4.88. The van der Waals surface area contributed by atoms with Crippen LogP contribution in [0.2, 0.25) is 0 Å². The number of aryl methyl sites for hydroxylation is 1. The molecule has 0 amide bonds. The number of anilines is 1. The van der Waals surface area contributed by atoms with E-state index in [4.69, 9.17) is 0 Å². The molecule has 0 aliphatic heterocycles. The van der Waals surface area contributed by atoms with Crippen LogP contribution in [-0.4, -0.2) is 23.7 Å². The van der Waals surface area contributed by atoms with Gasteiger partial charge < -0.3 is 10.0 Å². The van der Waals surface area contributed by atoms with E-state index >= 15 is 0 Å². The molecule has 3 nitrogen and oxygen atoms in total. The Hall–Kier alpha value is -1.51. The first kappa shape index (κ1) is 14.9. The van der Waals surface area contributed by atoms with Gasteiger partial charge in [0.05, 0.1) is 11.3 Å². The van der Waals surface area contributed by atoms with E-state index in [2.05, 4.69) is 18.7 Å². The van der Waals surface area contributed by atoms with Gasteiger partial charge in [0.1, 0.15) is 0 Å². The molecule has 1 aliphatic carbocycles. The van der Waals surface area contributed by atoms with E-state index in [1.165, 1.54) is 25.7 Å². The normalized spacial score (nSPS) is 15.8. The van der Waals surface area contributed by atoms with E-state index in [0.717, 1.165) is 17.8 Å². The van der Waals surface area contributed by atoms with E-state index in [0.29, 0.717) is 17.5 Å². The first-order valence-corrected chi connectivity index (χ1v) is 7.60. The van der Waals surface area contributed by atoms with Crippen LogP contribution < -0.4 is 4.90 Å². The van der Waals surface area contributed by atoms with Gasteiger partial charge in [-0.1, -0.05) is 38.8 Å². The number of carboxylic acids is 1. The van der Waals surface area contributed by atoms with Crippen molar-refractivity contribution in [3.63, 3.8) is 0 Å². The highest BCUT2D eigenvalue weighted by Gasteiger charge is 2.27. The molecule has 1 saturated carbocycles. The van der Waals surface area contributed by atoms with Crippen LogP contribution in [0, 0.1) is 12.8 Å². The van der Waals surface area contributed by atoms with Crippen molar-refractivity contribution >= 4 is 11.7 Å². The van der Waals surface area contributed by atoms with E-state index in [9.17, 15) is 9.90 Å². The number of hydrogen-bond acceptors (Lipinski definition) is 2. The van der Waals surface area contributed by atoms with E-state index < -0.39 is 5.97 Å². The second-order valence-electron chi connectivity index (χ2n) is 6.26. The average molecular weight is 275 g/mol. The van der Waals surface area contributed by atoms with Crippen LogP contribution in [0.1, 0.15) is 55.5 Å². The quantitative estimate of drug-likeness (QED) is 0.879. The number of carboxylic acid groups (broad SMARTS) is 1. The molecule has 1 aromatic rings. The lowest BCUT2D eigenvalue weighted by Gasteiger charge is -2.35. The number of carbonyl (C=O) groups is 1. The SMILES string of the molecule is Cc1cccc(C(=O)O)c1N(CC(C)C)C1CCCC1. The zero-order valence-corrected chi connectivity index (χ0v) is 12.7. The summed E-state index contributed by atoms with van der Waals surface area (Å²) in [6.45, 7) is 7.33. The fourth-order valence-corrected chi connectivity index (χ4v) is 3.25. The molecule has 1 aliphatic rings. The van der Waals surface area contributed by atoms with Gasteiger partial charge in [-0.15, -0.1) is 0 Å². The highest BCUT2D eigenvalue weighted by Crippen LogP contribution is 2.33. The van der Waals surface area contributed by atoms with Gasteiger partial charge in [-0.3, -0.25) is 0 Å². The summed E-state index contributed by atoms with van der Waals surface area (Å²) in [5.41, 5.74) is 2.44. The monoisotopic (exact) mass is 275 g/mol. The lowest BCUT2D eigenvalue weighted by atomic mass is 10.0. The molecular weight excluding hydrogens is 250 g/mol. The Morgan fingerprint density at radius 1 is 1.35 bits per heavy atom. The van der Waals surface area contributed by atoms with Gasteiger partial charge >= 0.3 is 5.97 Å². The summed E-state index contributed by atoms with van der Waals surface area (Å²) >= 11 is 0. The third kappa shape index (κ3) is 3.14. The lowest BCUT2D eigenvalue weighted by molar-refractivity contribution is 0.0697. The van der Waals surface area contributed by atoms with Gasteiger partial charge in [0.25, 0.3) is 0 Å². The maximum atomic E-state index is 11.6. The van der Waals surface area contributed by atoms with Gasteiger partial charge in [-0.05, 0) is 37.3 Å². The maximum Gasteiger partial charge on any atom is 0.337 e. The Labute approximate surface area is 121 Å². The predicted octanol–water partition coefficient (Wildman–Crippen LogP) is 4.10. The third-order valence-corrected chi connectivity index (χ3v) is 4.08. The molecule has 3 heteroatoms. The van der Waals surface area contributed by atoms with Crippen LogP contribution in [0.25, 0.3) is 0 Å². The summed E-state index contributed by atoms with van der Waals surface area (Å²) in [7, 11) is 0. The summed E-state index contributed by atoms with van der Waals surface area (Å²) in [5.74, 6) is -0.299. The number of rotatable bonds is 5. The molecule has 0 unspecified atom stereocenters. The summed E-state index contributed by atoms with van der Waals surface area (Å²) in [6, 6.07) is 6.08. The van der Waals surface area contributed by atoms with Crippen molar-refractivity contribution in [2.45, 2.75) is 52.5 Å². The Morgan fingerprint density at radius 2 is 2.00 bits per heavy atom. The predicted molar refractivity (Wildman–Crippen MR) is 82.6 cm³/mol. The molecule has 0 saturated heterocycles. The minimum Gasteiger partial charge on any atom is -0.478 e. The highest BCUT2D eigenvalue weighted by atomic mass is 16.4. The first-order valence-electron chi connectivity index (χ1n) is 7.60. The number of nitrogens with zero attached hydrogens (tertiary/aromatic N) is 1. The standard InChI is InChI=1S/C17H25NO2/c1-12(2)11-18(14-8-4-5-9-14)16-13(3)7-6-10-15(16)17(19)20/h6-7,10,12,14H,4-5,8-9,11H2,1-3H3,(H,19,20). The van der Waals surface area contributed by atoms with Crippen molar-refractivity contribution in [2.24, 2.45) is 5.92 Å². The molecule has 0 spiro atoms. The second kappa shape index (κ2) is 6.29. The number of benzene rings is 1. The van der Waals surface area contributed by atoms with E-state index in [1.807, 2.05) is 19.1 Å². The van der Waals surface area contributed by atoms with Crippen LogP contribution in [0.4, 0.5) is 5.69 Å². The highest BCUT2D eigenvalue weighted by molar-refractivity contribution is 5.95. The maximum absolute atomic E-state index is 11.6. The van der Waals surface area contributed by atoms with Gasteiger partial charge in [0.15, 0.2) is 0 Å². The molecule has 0 radical (unpaired) electrons. The van der Waals surface area contributed by atoms with Gasteiger partial charge in [0, 0.05) is 12.6 Å². The average Bonchev–Trinajstić information content (AvgIpc) is 2.89. The van der Waals surface area contributed by atoms with Crippen LogP contribution in [0.3, 0.4) is 0 Å². The molecule has 1 aromatic carbocycles. The van der Waals surface area contributed by atoms with E-state index in [1.54, 1.807) is 6.07 Å². The number of hydrogen-bond donors (Lipinski definition) is 1. The molecule has 110 valence electrons. The fraction of sp³-hybridized carbons (Fsp3) is 0.588. The second-order valence-corrected chi connectivity index (χ2v) is 6.26. The van der Waals surface area contributed by atoms with Crippen molar-refractivity contribution in [3.8, 4) is 0 Å². The first-order chi connectivity index (χ1) is 9.50. The minimum atomic E-state index is -0.824. The molecule has 0 atom stereocenters. The molecule has 1 fully saturated rings. The lowest BCUT2D eigenvalue weighted by Crippen LogP contribution is -2.37. The van der Waals surface area contributed by atoms with Crippen molar-refractivity contribution in [1.82, 2.24) is 0 Å². The topological polar surface area (TPSA) is 40.5 Å². The van der Waals surface area contributed by atoms with Crippen LogP contribution in [0.15, 0.2) is 18.2 Å². The van der Waals surface area contributed by atoms with Crippen LogP contribution >= 0.6 is 0 Å². The van der Waals surface area contributed by atoms with Gasteiger partial charge in [-0.25, -0.2) is 4.79 Å². The largest absolute Gasteiger partial charge is 0.478 e. The summed E-state index contributed by atoms with van der Waals surface area (Å²) in [5, 5.41) is 9.49.